The topological polar surface area (TPSA) is 0 Å². The van der Waals surface area contributed by atoms with Crippen LogP contribution in [0, 0.1) is 0 Å². The molecule has 0 spiro atoms. The van der Waals surface area contributed by atoms with Gasteiger partial charge in [0.1, 0.15) is 0 Å². The maximum Gasteiger partial charge on any atom is 0.00203 e. The third-order valence-corrected chi connectivity index (χ3v) is 6.44. The van der Waals surface area contributed by atoms with Gasteiger partial charge in [-0.05, 0) is 86.9 Å². The van der Waals surface area contributed by atoms with Crippen molar-refractivity contribution in [1.82, 2.24) is 0 Å². The second kappa shape index (κ2) is 7.97. The first-order valence-corrected chi connectivity index (χ1v) is 11.3. The van der Waals surface area contributed by atoms with Gasteiger partial charge in [0.25, 0.3) is 0 Å². The highest BCUT2D eigenvalue weighted by Crippen LogP contribution is 2.49. The Morgan fingerprint density at radius 2 is 1.00 bits per heavy atom. The van der Waals surface area contributed by atoms with Gasteiger partial charge in [0.2, 0.25) is 0 Å². The summed E-state index contributed by atoms with van der Waals surface area (Å²) in [5.41, 5.74) is 20.4. The molecule has 33 heavy (non-hydrogen) atoms. The van der Waals surface area contributed by atoms with Gasteiger partial charge in [0, 0.05) is 5.56 Å². The molecule has 2 aliphatic rings. The predicted octanol–water partition coefficient (Wildman–Crippen LogP) is 8.66. The molecule has 0 heteroatoms. The average Bonchev–Trinajstić information content (AvgIpc) is 3.29. The summed E-state index contributed by atoms with van der Waals surface area (Å²) in [6.45, 7) is 2.18. The molecule has 0 bridgehead atoms. The van der Waals surface area contributed by atoms with E-state index in [0.29, 0.717) is 0 Å². The summed E-state index contributed by atoms with van der Waals surface area (Å²) in [6, 6.07) is 32.2. The van der Waals surface area contributed by atoms with E-state index in [2.05, 4.69) is 134 Å². The Balaban J connectivity index is 1.82. The average molecular weight is 419 g/mol. The second-order valence-corrected chi connectivity index (χ2v) is 8.40. The molecule has 0 unspecified atom stereocenters. The normalized spacial score (nSPS) is 13.2. The molecule has 2 aliphatic carbocycles. The van der Waals surface area contributed by atoms with Crippen LogP contribution in [0.2, 0.25) is 0 Å². The third-order valence-electron chi connectivity index (χ3n) is 6.44. The number of hydrogen-bond acceptors (Lipinski definition) is 0. The molecule has 0 saturated carbocycles. The molecular weight excluding hydrogens is 396 g/mol. The lowest BCUT2D eigenvalue weighted by molar-refractivity contribution is 1.45. The van der Waals surface area contributed by atoms with Gasteiger partial charge in [-0.15, -0.1) is 11.5 Å². The summed E-state index contributed by atoms with van der Waals surface area (Å²) in [4.78, 5) is 0. The van der Waals surface area contributed by atoms with Crippen LogP contribution in [0.25, 0.3) is 45.6 Å². The monoisotopic (exact) mass is 418 g/mol. The zero-order chi connectivity index (χ0) is 22.2. The van der Waals surface area contributed by atoms with Crippen LogP contribution < -0.4 is 0 Å². The van der Waals surface area contributed by atoms with Crippen molar-refractivity contribution in [2.45, 2.75) is 6.92 Å². The Labute approximate surface area is 194 Å². The van der Waals surface area contributed by atoms with E-state index in [1.807, 2.05) is 0 Å². The van der Waals surface area contributed by atoms with Gasteiger partial charge in [0.15, 0.2) is 0 Å². The lowest BCUT2D eigenvalue weighted by Gasteiger charge is -2.25. The Morgan fingerprint density at radius 1 is 0.515 bits per heavy atom. The van der Waals surface area contributed by atoms with Crippen molar-refractivity contribution in [1.29, 1.82) is 0 Å². The molecule has 4 aromatic rings. The molecule has 0 heterocycles. The fraction of sp³-hybridized carbons (Fsp3) is 0.0303. The molecular formula is C33H22. The molecule has 0 N–H and O–H groups in total. The molecule has 0 aromatic heterocycles. The number of rotatable bonds is 3. The van der Waals surface area contributed by atoms with Gasteiger partial charge in [-0.2, -0.15) is 0 Å². The van der Waals surface area contributed by atoms with E-state index in [0.717, 1.165) is 5.57 Å². The lowest BCUT2D eigenvalue weighted by Crippen LogP contribution is -2.04. The van der Waals surface area contributed by atoms with E-state index < -0.39 is 0 Å². The van der Waals surface area contributed by atoms with Gasteiger partial charge in [-0.3, -0.25) is 0 Å². The summed E-state index contributed by atoms with van der Waals surface area (Å²) in [7, 11) is 0. The van der Waals surface area contributed by atoms with Gasteiger partial charge in [-0.25, -0.2) is 0 Å². The Morgan fingerprint density at radius 3 is 1.55 bits per heavy atom. The van der Waals surface area contributed by atoms with Crippen LogP contribution in [0.4, 0.5) is 0 Å². The standard InChI is InChI=1S/C33H22/c1-23-13-11-20-27(24-14-5-2-6-15-24)33-30(23)31(25-16-7-3-8-17-25)28-21-12-22-29(28)32(33)26-18-9-4-10-19-26/h2-11,14-22H,1H3. The first-order valence-electron chi connectivity index (χ1n) is 11.3. The Kier molecular flexibility index (Phi) is 4.68. The molecule has 0 radical (unpaired) electrons. The van der Waals surface area contributed by atoms with Crippen molar-refractivity contribution < 1.29 is 0 Å². The molecule has 0 fully saturated rings. The molecule has 4 aromatic carbocycles. The lowest BCUT2D eigenvalue weighted by atomic mass is 9.77. The highest BCUT2D eigenvalue weighted by atomic mass is 14.3. The van der Waals surface area contributed by atoms with Crippen molar-refractivity contribution in [3.05, 3.63) is 142 Å². The highest BCUT2D eigenvalue weighted by Gasteiger charge is 2.28. The maximum absolute atomic E-state index is 3.55. The molecule has 0 amide bonds. The first kappa shape index (κ1) is 19.4. The first-order chi connectivity index (χ1) is 16.3. The van der Waals surface area contributed by atoms with E-state index in [1.54, 1.807) is 0 Å². The third kappa shape index (κ3) is 3.18. The van der Waals surface area contributed by atoms with E-state index in [9.17, 15) is 0 Å². The van der Waals surface area contributed by atoms with Crippen LogP contribution >= 0.6 is 0 Å². The number of benzene rings is 4. The molecule has 0 nitrogen and oxygen atoms in total. The molecule has 0 atom stereocenters. The van der Waals surface area contributed by atoms with Gasteiger partial charge in [-0.1, -0.05) is 91.0 Å². The van der Waals surface area contributed by atoms with Crippen molar-refractivity contribution in [2.24, 2.45) is 0 Å². The summed E-state index contributed by atoms with van der Waals surface area (Å²) >= 11 is 0. The minimum absolute atomic E-state index is 1.14. The summed E-state index contributed by atoms with van der Waals surface area (Å²) in [6.07, 6.45) is 8.56. The van der Waals surface area contributed by atoms with Crippen LogP contribution in [-0.4, -0.2) is 0 Å². The van der Waals surface area contributed by atoms with Gasteiger partial charge >= 0.3 is 0 Å². The van der Waals surface area contributed by atoms with Crippen LogP contribution in [0.3, 0.4) is 0 Å². The zero-order valence-corrected chi connectivity index (χ0v) is 18.5. The quantitative estimate of drug-likeness (QED) is 0.257. The van der Waals surface area contributed by atoms with Crippen molar-refractivity contribution >= 4 is 23.3 Å². The van der Waals surface area contributed by atoms with E-state index in [1.165, 1.54) is 55.6 Å². The van der Waals surface area contributed by atoms with Crippen LogP contribution in [0.15, 0.2) is 115 Å². The van der Waals surface area contributed by atoms with Crippen molar-refractivity contribution in [3.8, 4) is 22.3 Å². The molecule has 154 valence electrons. The SMILES string of the molecule is CC1=C=CC=C(c2ccccc2)c2c1c(-c1ccccc1)c1c(c2-c2ccccc2)C=C=C1. The van der Waals surface area contributed by atoms with E-state index in [4.69, 9.17) is 0 Å². The largest absolute Gasteiger partial charge is 0.119 e. The van der Waals surface area contributed by atoms with Gasteiger partial charge in [0.05, 0.1) is 0 Å². The zero-order valence-electron chi connectivity index (χ0n) is 18.5. The Hall–Kier alpha value is -4.34. The summed E-state index contributed by atoms with van der Waals surface area (Å²) < 4.78 is 0. The minimum atomic E-state index is 1.14. The van der Waals surface area contributed by atoms with Crippen LogP contribution in [0.5, 0.6) is 0 Å². The van der Waals surface area contributed by atoms with Crippen LogP contribution in [0.1, 0.15) is 34.7 Å². The highest BCUT2D eigenvalue weighted by molar-refractivity contribution is 6.07. The van der Waals surface area contributed by atoms with Crippen molar-refractivity contribution in [2.75, 3.05) is 0 Å². The maximum atomic E-state index is 3.55. The van der Waals surface area contributed by atoms with E-state index in [-0.39, 0.29) is 0 Å². The minimum Gasteiger partial charge on any atom is -0.119 e. The molecule has 0 saturated heterocycles. The second-order valence-electron chi connectivity index (χ2n) is 8.40. The Bertz CT molecular complexity index is 1530. The number of fused-ring (bicyclic) bond motifs is 2. The molecule has 0 aliphatic heterocycles. The summed E-state index contributed by atoms with van der Waals surface area (Å²) in [5, 5.41) is 0. The fourth-order valence-corrected chi connectivity index (χ4v) is 5.01. The van der Waals surface area contributed by atoms with Crippen molar-refractivity contribution in [3.63, 3.8) is 0 Å². The number of allylic oxidation sites excluding steroid dienone is 2. The van der Waals surface area contributed by atoms with E-state index >= 15 is 0 Å². The van der Waals surface area contributed by atoms with Crippen LogP contribution in [-0.2, 0) is 0 Å². The fourth-order valence-electron chi connectivity index (χ4n) is 5.01. The summed E-state index contributed by atoms with van der Waals surface area (Å²) in [5.74, 6) is 0. The smallest absolute Gasteiger partial charge is 0.00203 e. The van der Waals surface area contributed by atoms with Gasteiger partial charge < -0.3 is 0 Å². The predicted molar refractivity (Wildman–Crippen MR) is 140 cm³/mol. The number of hydrogen-bond donors (Lipinski definition) is 0. The molecule has 6 rings (SSSR count).